The van der Waals surface area contributed by atoms with Gasteiger partial charge in [0.2, 0.25) is 17.7 Å². The van der Waals surface area contributed by atoms with Crippen LogP contribution >= 0.6 is 0 Å². The third-order valence-electron chi connectivity index (χ3n) is 12.1. The standard InChI is InChI=1S/C27H30N6O2.C25H28N6O/c1-21(34)33-14-13-31(17-23-5-3-2-4-6-23)19-26(33)27(35)30-12-11-25-16-29-20-32(25)18-24-9-7-22(15-28)8-10-24;26-14-20-6-8-22(9-7-20)17-31-19-27-15-23(31)10-11-29-25(32)24-18-30(13-12-28-24)16-21-4-2-1-3-5-21/h2-10,16,20,26H,11-14,17-19H2,1H3,(H,30,35);1-9,15,19,24,28H,10-13,16-18H2,(H,29,32)/t26-;24-/m11/s1. The second-order valence-corrected chi connectivity index (χ2v) is 16.9. The normalized spacial score (nSPS) is 16.2. The van der Waals surface area contributed by atoms with Crippen molar-refractivity contribution in [3.63, 3.8) is 0 Å². The Labute approximate surface area is 392 Å². The molecule has 2 atom stereocenters. The van der Waals surface area contributed by atoms with Gasteiger partial charge in [-0.25, -0.2) is 9.97 Å². The molecule has 15 nitrogen and oxygen atoms in total. The summed E-state index contributed by atoms with van der Waals surface area (Å²) in [7, 11) is 0. The molecule has 0 saturated carbocycles. The van der Waals surface area contributed by atoms with Crippen LogP contribution in [-0.2, 0) is 53.4 Å². The molecule has 0 bridgehead atoms. The maximum atomic E-state index is 13.1. The van der Waals surface area contributed by atoms with Crippen LogP contribution in [0.2, 0.25) is 0 Å². The molecule has 2 saturated heterocycles. The third-order valence-corrected chi connectivity index (χ3v) is 12.1. The Morgan fingerprint density at radius 3 is 1.58 bits per heavy atom. The van der Waals surface area contributed by atoms with Gasteiger partial charge in [-0.3, -0.25) is 24.2 Å². The van der Waals surface area contributed by atoms with E-state index in [2.05, 4.69) is 76.7 Å². The number of carbonyl (C=O) groups excluding carboxylic acids is 3. The Kier molecular flexibility index (Phi) is 17.2. The summed E-state index contributed by atoms with van der Waals surface area (Å²) in [5, 5.41) is 27.4. The zero-order chi connectivity index (χ0) is 46.8. The van der Waals surface area contributed by atoms with E-state index in [1.54, 1.807) is 35.9 Å². The van der Waals surface area contributed by atoms with Gasteiger partial charge >= 0.3 is 0 Å². The van der Waals surface area contributed by atoms with Crippen molar-refractivity contribution in [1.29, 1.82) is 10.5 Å². The van der Waals surface area contributed by atoms with E-state index >= 15 is 0 Å². The van der Waals surface area contributed by atoms with Gasteiger partial charge in [-0.2, -0.15) is 10.5 Å². The Balaban J connectivity index is 0.000000200. The first-order valence-corrected chi connectivity index (χ1v) is 22.8. The van der Waals surface area contributed by atoms with Crippen LogP contribution in [0.1, 0.15) is 51.7 Å². The van der Waals surface area contributed by atoms with Gasteiger partial charge in [0.25, 0.3) is 0 Å². The minimum absolute atomic E-state index is 0.0425. The average molecular weight is 899 g/mol. The molecule has 0 aliphatic carbocycles. The van der Waals surface area contributed by atoms with Crippen molar-refractivity contribution < 1.29 is 14.4 Å². The summed E-state index contributed by atoms with van der Waals surface area (Å²) in [6, 6.07) is 39.1. The molecule has 2 fully saturated rings. The van der Waals surface area contributed by atoms with Crippen LogP contribution in [0.15, 0.2) is 134 Å². The number of nitrogens with zero attached hydrogens (tertiary/aromatic N) is 9. The van der Waals surface area contributed by atoms with Crippen molar-refractivity contribution in [1.82, 2.24) is 49.8 Å². The van der Waals surface area contributed by atoms with Crippen molar-refractivity contribution >= 4 is 17.7 Å². The van der Waals surface area contributed by atoms with Crippen LogP contribution in [0.3, 0.4) is 0 Å². The van der Waals surface area contributed by atoms with Crippen molar-refractivity contribution in [2.75, 3.05) is 52.4 Å². The van der Waals surface area contributed by atoms with Crippen LogP contribution in [0.25, 0.3) is 0 Å². The second-order valence-electron chi connectivity index (χ2n) is 16.9. The van der Waals surface area contributed by atoms with Crippen molar-refractivity contribution in [2.24, 2.45) is 0 Å². The summed E-state index contributed by atoms with van der Waals surface area (Å²) >= 11 is 0. The molecule has 2 aliphatic rings. The van der Waals surface area contributed by atoms with Crippen molar-refractivity contribution in [3.8, 4) is 12.1 Å². The van der Waals surface area contributed by atoms with E-state index in [-0.39, 0.29) is 23.8 Å². The predicted octanol–water partition coefficient (Wildman–Crippen LogP) is 4.13. The summed E-state index contributed by atoms with van der Waals surface area (Å²) in [6.07, 6.45) is 8.57. The lowest BCUT2D eigenvalue weighted by Crippen LogP contribution is -2.60. The molecular formula is C52H58N12O3. The van der Waals surface area contributed by atoms with Gasteiger partial charge in [0.1, 0.15) is 6.04 Å². The molecule has 67 heavy (non-hydrogen) atoms. The number of amides is 3. The quantitative estimate of drug-likeness (QED) is 0.128. The number of hydrogen-bond acceptors (Lipinski definition) is 10. The number of rotatable bonds is 16. The van der Waals surface area contributed by atoms with Gasteiger partial charge in [-0.15, -0.1) is 0 Å². The fourth-order valence-corrected chi connectivity index (χ4v) is 8.43. The molecule has 3 N–H and O–H groups in total. The summed E-state index contributed by atoms with van der Waals surface area (Å²) in [6.45, 7) is 9.74. The molecule has 0 radical (unpaired) electrons. The molecule has 8 rings (SSSR count). The van der Waals surface area contributed by atoms with E-state index in [0.29, 0.717) is 69.8 Å². The summed E-state index contributed by atoms with van der Waals surface area (Å²) < 4.78 is 4.12. The summed E-state index contributed by atoms with van der Waals surface area (Å²) in [4.78, 5) is 52.8. The maximum absolute atomic E-state index is 13.1. The van der Waals surface area contributed by atoms with Gasteiger partial charge in [0.05, 0.1) is 42.0 Å². The van der Waals surface area contributed by atoms with E-state index in [4.69, 9.17) is 10.5 Å². The Hall–Kier alpha value is -7.43. The molecular weight excluding hydrogens is 841 g/mol. The monoisotopic (exact) mass is 898 g/mol. The van der Waals surface area contributed by atoms with Gasteiger partial charge in [-0.05, 0) is 46.5 Å². The Morgan fingerprint density at radius 2 is 1.09 bits per heavy atom. The fourth-order valence-electron chi connectivity index (χ4n) is 8.43. The SMILES string of the molecule is CC(=O)N1CCN(Cc2ccccc2)C[C@@H]1C(=O)NCCc1cncn1Cc1ccc(C#N)cc1.N#Cc1ccc(Cn2cncc2CCNC(=O)[C@H]2CN(Cc3ccccc3)CCN2)cc1. The first-order chi connectivity index (χ1) is 32.7. The highest BCUT2D eigenvalue weighted by Crippen LogP contribution is 2.16. The van der Waals surface area contributed by atoms with Gasteiger partial charge < -0.3 is 30.0 Å². The number of benzene rings is 4. The second kappa shape index (κ2) is 24.2. The number of carbonyl (C=O) groups is 3. The van der Waals surface area contributed by atoms with Gasteiger partial charge in [0.15, 0.2) is 0 Å². The van der Waals surface area contributed by atoms with Crippen molar-refractivity contribution in [2.45, 2.75) is 58.0 Å². The molecule has 4 aromatic carbocycles. The molecule has 6 aromatic rings. The topological polar surface area (TPSA) is 180 Å². The fraction of sp³-hybridized carbons (Fsp3) is 0.327. The number of nitriles is 2. The summed E-state index contributed by atoms with van der Waals surface area (Å²) in [5.74, 6) is -0.165. The lowest BCUT2D eigenvalue weighted by Gasteiger charge is -2.40. The van der Waals surface area contributed by atoms with Gasteiger partial charge in [0, 0.05) is 122 Å². The molecule has 3 amide bonds. The number of hydrogen-bond donors (Lipinski definition) is 3. The first kappa shape index (κ1) is 47.5. The van der Waals surface area contributed by atoms with Crippen LogP contribution in [0, 0.1) is 22.7 Å². The Bertz CT molecular complexity index is 2600. The molecule has 0 unspecified atom stereocenters. The van der Waals surface area contributed by atoms with E-state index in [9.17, 15) is 14.4 Å². The van der Waals surface area contributed by atoms with Crippen LogP contribution in [0.4, 0.5) is 0 Å². The molecule has 344 valence electrons. The smallest absolute Gasteiger partial charge is 0.244 e. The lowest BCUT2D eigenvalue weighted by atomic mass is 10.1. The molecule has 4 heterocycles. The molecule has 0 spiro atoms. The minimum atomic E-state index is -0.506. The van der Waals surface area contributed by atoms with Crippen LogP contribution in [-0.4, -0.2) is 116 Å². The largest absolute Gasteiger partial charge is 0.354 e. The predicted molar refractivity (Wildman–Crippen MR) is 255 cm³/mol. The average Bonchev–Trinajstić information content (AvgIpc) is 4.01. The minimum Gasteiger partial charge on any atom is -0.354 e. The lowest BCUT2D eigenvalue weighted by molar-refractivity contribution is -0.142. The van der Waals surface area contributed by atoms with Crippen molar-refractivity contribution in [3.05, 3.63) is 179 Å². The highest BCUT2D eigenvalue weighted by atomic mass is 16.2. The van der Waals surface area contributed by atoms with E-state index < -0.39 is 6.04 Å². The number of piperazine rings is 2. The zero-order valence-electron chi connectivity index (χ0n) is 38.0. The van der Waals surface area contributed by atoms with E-state index in [1.807, 2.05) is 83.6 Å². The van der Waals surface area contributed by atoms with Gasteiger partial charge in [-0.1, -0.05) is 84.9 Å². The van der Waals surface area contributed by atoms with Crippen LogP contribution < -0.4 is 16.0 Å². The van der Waals surface area contributed by atoms with E-state index in [0.717, 1.165) is 55.2 Å². The summed E-state index contributed by atoms with van der Waals surface area (Å²) in [5.41, 5.74) is 8.00. The zero-order valence-corrected chi connectivity index (χ0v) is 38.0. The molecule has 2 aromatic heterocycles. The highest BCUT2D eigenvalue weighted by Gasteiger charge is 2.34. The highest BCUT2D eigenvalue weighted by molar-refractivity contribution is 5.87. The van der Waals surface area contributed by atoms with E-state index in [1.165, 1.54) is 18.1 Å². The number of aromatic nitrogens is 4. The Morgan fingerprint density at radius 1 is 0.612 bits per heavy atom. The van der Waals surface area contributed by atoms with Crippen LogP contribution in [0.5, 0.6) is 0 Å². The number of imidazole rings is 2. The third kappa shape index (κ3) is 14.0. The molecule has 15 heteroatoms. The molecule has 2 aliphatic heterocycles. The first-order valence-electron chi connectivity index (χ1n) is 22.8. The maximum Gasteiger partial charge on any atom is 0.244 e. The number of nitrogens with one attached hydrogen (secondary N) is 3.